The van der Waals surface area contributed by atoms with Gasteiger partial charge >= 0.3 is 5.97 Å². The molecule has 0 heterocycles. The zero-order valence-electron chi connectivity index (χ0n) is 14.4. The van der Waals surface area contributed by atoms with Gasteiger partial charge in [-0.15, -0.1) is 0 Å². The molecule has 26 heavy (non-hydrogen) atoms. The molecule has 0 aliphatic carbocycles. The molecule has 0 saturated heterocycles. The van der Waals surface area contributed by atoms with Crippen molar-refractivity contribution in [2.24, 2.45) is 0 Å². The lowest BCUT2D eigenvalue weighted by molar-refractivity contribution is -0.148. The SMILES string of the molecule is CC(=O)c1ccc(NC(=O)[C@@H](C)OC(=O)/C=C/c2cccc(Br)c2)cc1. The number of ether oxygens (including phenoxy) is 1. The fourth-order valence-corrected chi connectivity index (χ4v) is 2.49. The Morgan fingerprint density at radius 2 is 1.81 bits per heavy atom. The summed E-state index contributed by atoms with van der Waals surface area (Å²) in [4.78, 5) is 35.2. The molecule has 0 unspecified atom stereocenters. The van der Waals surface area contributed by atoms with E-state index in [0.29, 0.717) is 11.3 Å². The molecule has 2 aromatic rings. The summed E-state index contributed by atoms with van der Waals surface area (Å²) in [6.07, 6.45) is 1.92. The summed E-state index contributed by atoms with van der Waals surface area (Å²) in [6.45, 7) is 2.96. The Balaban J connectivity index is 1.89. The number of carbonyl (C=O) groups excluding carboxylic acids is 3. The van der Waals surface area contributed by atoms with Gasteiger partial charge < -0.3 is 10.1 Å². The van der Waals surface area contributed by atoms with Crippen molar-refractivity contribution < 1.29 is 19.1 Å². The summed E-state index contributed by atoms with van der Waals surface area (Å²) < 4.78 is 5.99. The van der Waals surface area contributed by atoms with Gasteiger partial charge in [0.2, 0.25) is 0 Å². The largest absolute Gasteiger partial charge is 0.449 e. The lowest BCUT2D eigenvalue weighted by Gasteiger charge is -2.12. The molecule has 0 bridgehead atoms. The van der Waals surface area contributed by atoms with Crippen molar-refractivity contribution in [3.63, 3.8) is 0 Å². The first-order valence-electron chi connectivity index (χ1n) is 7.91. The van der Waals surface area contributed by atoms with E-state index >= 15 is 0 Å². The van der Waals surface area contributed by atoms with Crippen LogP contribution < -0.4 is 5.32 Å². The van der Waals surface area contributed by atoms with Gasteiger partial charge in [0.15, 0.2) is 11.9 Å². The Morgan fingerprint density at radius 1 is 1.12 bits per heavy atom. The molecule has 0 aromatic heterocycles. The maximum Gasteiger partial charge on any atom is 0.331 e. The van der Waals surface area contributed by atoms with Gasteiger partial charge in [0.25, 0.3) is 5.91 Å². The van der Waals surface area contributed by atoms with Crippen LogP contribution in [0.4, 0.5) is 5.69 Å². The smallest absolute Gasteiger partial charge is 0.331 e. The molecule has 1 amide bonds. The zero-order valence-corrected chi connectivity index (χ0v) is 15.9. The number of Topliss-reactive ketones (excluding diaryl/α,β-unsaturated/α-hetero) is 1. The van der Waals surface area contributed by atoms with Gasteiger partial charge in [-0.1, -0.05) is 28.1 Å². The van der Waals surface area contributed by atoms with Crippen molar-refractivity contribution in [3.8, 4) is 0 Å². The van der Waals surface area contributed by atoms with E-state index < -0.39 is 18.0 Å². The molecule has 1 atom stereocenters. The molecule has 5 nitrogen and oxygen atoms in total. The van der Waals surface area contributed by atoms with E-state index in [1.807, 2.05) is 24.3 Å². The van der Waals surface area contributed by atoms with Crippen molar-refractivity contribution in [2.75, 3.05) is 5.32 Å². The number of hydrogen-bond donors (Lipinski definition) is 1. The maximum absolute atomic E-state index is 12.1. The topological polar surface area (TPSA) is 72.5 Å². The van der Waals surface area contributed by atoms with Crippen LogP contribution in [0, 0.1) is 0 Å². The third kappa shape index (κ3) is 5.97. The predicted molar refractivity (Wildman–Crippen MR) is 104 cm³/mol. The summed E-state index contributed by atoms with van der Waals surface area (Å²) in [7, 11) is 0. The van der Waals surface area contributed by atoms with Gasteiger partial charge in [-0.25, -0.2) is 4.79 Å². The summed E-state index contributed by atoms with van der Waals surface area (Å²) in [5.74, 6) is -1.12. The minimum atomic E-state index is -0.956. The van der Waals surface area contributed by atoms with Gasteiger partial charge in [0.05, 0.1) is 0 Å². The fourth-order valence-electron chi connectivity index (χ4n) is 2.07. The quantitative estimate of drug-likeness (QED) is 0.435. The highest BCUT2D eigenvalue weighted by atomic mass is 79.9. The first-order valence-corrected chi connectivity index (χ1v) is 8.70. The Kier molecular flexibility index (Phi) is 6.86. The number of nitrogens with one attached hydrogen (secondary N) is 1. The highest BCUT2D eigenvalue weighted by molar-refractivity contribution is 9.10. The highest BCUT2D eigenvalue weighted by Crippen LogP contribution is 2.13. The second kappa shape index (κ2) is 9.10. The number of ketones is 1. The minimum Gasteiger partial charge on any atom is -0.449 e. The molecule has 0 spiro atoms. The fraction of sp³-hybridized carbons (Fsp3) is 0.150. The molecule has 134 valence electrons. The van der Waals surface area contributed by atoms with Gasteiger partial charge in [-0.2, -0.15) is 0 Å². The molecule has 0 saturated carbocycles. The van der Waals surface area contributed by atoms with Crippen molar-refractivity contribution in [2.45, 2.75) is 20.0 Å². The summed E-state index contributed by atoms with van der Waals surface area (Å²) in [6, 6.07) is 13.9. The zero-order chi connectivity index (χ0) is 19.1. The molecule has 2 aromatic carbocycles. The van der Waals surface area contributed by atoms with E-state index in [9.17, 15) is 14.4 Å². The Morgan fingerprint density at radius 3 is 2.42 bits per heavy atom. The third-order valence-electron chi connectivity index (χ3n) is 3.48. The highest BCUT2D eigenvalue weighted by Gasteiger charge is 2.16. The van der Waals surface area contributed by atoms with Crippen molar-refractivity contribution in [3.05, 3.63) is 70.2 Å². The first-order chi connectivity index (χ1) is 12.3. The Hall–Kier alpha value is -2.73. The Bertz CT molecular complexity index is 843. The molecular weight excluding hydrogens is 398 g/mol. The van der Waals surface area contributed by atoms with Crippen molar-refractivity contribution in [1.29, 1.82) is 0 Å². The molecule has 6 heteroatoms. The van der Waals surface area contributed by atoms with Gasteiger partial charge in [0.1, 0.15) is 0 Å². The predicted octanol–water partition coefficient (Wildman–Crippen LogP) is 4.24. The van der Waals surface area contributed by atoms with Crippen LogP contribution in [0.3, 0.4) is 0 Å². The second-order valence-corrected chi connectivity index (χ2v) is 6.51. The summed E-state index contributed by atoms with van der Waals surface area (Å²) >= 11 is 3.35. The van der Waals surface area contributed by atoms with Gasteiger partial charge in [-0.05, 0) is 61.9 Å². The monoisotopic (exact) mass is 415 g/mol. The lowest BCUT2D eigenvalue weighted by Crippen LogP contribution is -2.29. The van der Waals surface area contributed by atoms with Crippen LogP contribution in [0.15, 0.2) is 59.1 Å². The van der Waals surface area contributed by atoms with Gasteiger partial charge in [0, 0.05) is 21.8 Å². The summed E-state index contributed by atoms with van der Waals surface area (Å²) in [5.41, 5.74) is 1.91. The van der Waals surface area contributed by atoms with Crippen LogP contribution in [-0.2, 0) is 14.3 Å². The van der Waals surface area contributed by atoms with Crippen molar-refractivity contribution in [1.82, 2.24) is 0 Å². The van der Waals surface area contributed by atoms with E-state index in [0.717, 1.165) is 10.0 Å². The number of halogens is 1. The van der Waals surface area contributed by atoms with Crippen molar-refractivity contribution >= 4 is 45.4 Å². The normalized spacial score (nSPS) is 11.8. The van der Waals surface area contributed by atoms with Crippen LogP contribution in [0.1, 0.15) is 29.8 Å². The number of anilines is 1. The number of hydrogen-bond acceptors (Lipinski definition) is 4. The molecule has 0 fully saturated rings. The minimum absolute atomic E-state index is 0.0533. The van der Waals surface area contributed by atoms with E-state index in [1.165, 1.54) is 19.9 Å². The molecule has 2 rings (SSSR count). The molecule has 0 radical (unpaired) electrons. The molecule has 0 aliphatic rings. The van der Waals surface area contributed by atoms with Gasteiger partial charge in [-0.3, -0.25) is 9.59 Å². The average Bonchev–Trinajstić information content (AvgIpc) is 2.60. The number of carbonyl (C=O) groups is 3. The van der Waals surface area contributed by atoms with E-state index in [2.05, 4.69) is 21.2 Å². The number of amides is 1. The number of rotatable bonds is 6. The van der Waals surface area contributed by atoms with E-state index in [1.54, 1.807) is 30.3 Å². The standard InChI is InChI=1S/C20H18BrNO4/c1-13(23)16-7-9-18(10-8-16)22-20(25)14(2)26-19(24)11-6-15-4-3-5-17(21)12-15/h3-12,14H,1-2H3,(H,22,25)/b11-6+/t14-/m1/s1. The Labute approximate surface area is 160 Å². The third-order valence-corrected chi connectivity index (χ3v) is 3.97. The number of benzene rings is 2. The first kappa shape index (κ1) is 19.6. The summed E-state index contributed by atoms with van der Waals surface area (Å²) in [5, 5.41) is 2.64. The van der Waals surface area contributed by atoms with Crippen LogP contribution in [-0.4, -0.2) is 23.8 Å². The van der Waals surface area contributed by atoms with E-state index in [4.69, 9.17) is 4.74 Å². The molecular formula is C20H18BrNO4. The van der Waals surface area contributed by atoms with Crippen LogP contribution in [0.2, 0.25) is 0 Å². The van der Waals surface area contributed by atoms with E-state index in [-0.39, 0.29) is 5.78 Å². The second-order valence-electron chi connectivity index (χ2n) is 5.59. The lowest BCUT2D eigenvalue weighted by atomic mass is 10.1. The van der Waals surface area contributed by atoms with Crippen LogP contribution >= 0.6 is 15.9 Å². The molecule has 1 N–H and O–H groups in total. The van der Waals surface area contributed by atoms with Crippen LogP contribution in [0.5, 0.6) is 0 Å². The maximum atomic E-state index is 12.1. The van der Waals surface area contributed by atoms with Crippen LogP contribution in [0.25, 0.3) is 6.08 Å². The average molecular weight is 416 g/mol. The number of esters is 1. The molecule has 0 aliphatic heterocycles.